The van der Waals surface area contributed by atoms with Gasteiger partial charge in [0.15, 0.2) is 0 Å². The van der Waals surface area contributed by atoms with Crippen LogP contribution in [0.3, 0.4) is 0 Å². The van der Waals surface area contributed by atoms with Crippen molar-refractivity contribution in [3.8, 4) is 0 Å². The average molecular weight is 549 g/mol. The molecular formula is C27H39F3N8O. The normalized spacial score (nSPS) is 17.8. The third-order valence-corrected chi connectivity index (χ3v) is 7.39. The van der Waals surface area contributed by atoms with Crippen LogP contribution in [0.5, 0.6) is 0 Å². The second-order valence-electron chi connectivity index (χ2n) is 10.3. The summed E-state index contributed by atoms with van der Waals surface area (Å²) in [6, 6.07) is 6.09. The van der Waals surface area contributed by atoms with Gasteiger partial charge in [-0.05, 0) is 50.7 Å². The lowest BCUT2D eigenvalue weighted by Gasteiger charge is -2.34. The summed E-state index contributed by atoms with van der Waals surface area (Å²) in [4.78, 5) is 29.0. The number of nitrogens with zero attached hydrogens (tertiary/aromatic N) is 6. The molecule has 1 amide bonds. The summed E-state index contributed by atoms with van der Waals surface area (Å²) in [5.41, 5.74) is 2.03. The highest BCUT2D eigenvalue weighted by Gasteiger charge is 2.35. The number of aromatic nitrogens is 2. The first kappa shape index (κ1) is 28.9. The van der Waals surface area contributed by atoms with Crippen molar-refractivity contribution in [3.63, 3.8) is 0 Å². The Hall–Kier alpha value is -3.12. The molecule has 12 heteroatoms. The van der Waals surface area contributed by atoms with Crippen molar-refractivity contribution in [2.75, 3.05) is 88.5 Å². The Morgan fingerprint density at radius 2 is 1.72 bits per heavy atom. The van der Waals surface area contributed by atoms with Crippen molar-refractivity contribution in [1.82, 2.24) is 24.7 Å². The van der Waals surface area contributed by atoms with E-state index < -0.39 is 11.7 Å². The van der Waals surface area contributed by atoms with Crippen LogP contribution in [0.25, 0.3) is 0 Å². The van der Waals surface area contributed by atoms with Crippen LogP contribution in [0.15, 0.2) is 24.4 Å². The number of benzene rings is 1. The number of hydrogen-bond acceptors (Lipinski definition) is 8. The van der Waals surface area contributed by atoms with Crippen LogP contribution < -0.4 is 15.5 Å². The highest BCUT2D eigenvalue weighted by Crippen LogP contribution is 2.34. The maximum Gasteiger partial charge on any atom is 0.421 e. The van der Waals surface area contributed by atoms with Gasteiger partial charge in [0.05, 0.1) is 0 Å². The molecule has 0 spiro atoms. The number of carbonyl (C=O) groups is 1. The number of nitrogens with one attached hydrogen (secondary N) is 2. The average Bonchev–Trinajstić information content (AvgIpc) is 3.07. The molecule has 1 aromatic carbocycles. The molecule has 39 heavy (non-hydrogen) atoms. The van der Waals surface area contributed by atoms with Crippen LogP contribution in [0.4, 0.5) is 36.3 Å². The smallest absolute Gasteiger partial charge is 0.369 e. The highest BCUT2D eigenvalue weighted by molar-refractivity contribution is 5.76. The minimum absolute atomic E-state index is 0.0780. The van der Waals surface area contributed by atoms with Crippen LogP contribution in [-0.4, -0.2) is 104 Å². The molecule has 0 saturated carbocycles. The fourth-order valence-corrected chi connectivity index (χ4v) is 4.85. The van der Waals surface area contributed by atoms with Gasteiger partial charge in [0.1, 0.15) is 11.4 Å². The molecule has 0 radical (unpaired) electrons. The summed E-state index contributed by atoms with van der Waals surface area (Å²) in [6.45, 7) is 8.81. The zero-order chi connectivity index (χ0) is 28.0. The van der Waals surface area contributed by atoms with Gasteiger partial charge in [-0.3, -0.25) is 4.79 Å². The van der Waals surface area contributed by atoms with Crippen LogP contribution in [0.2, 0.25) is 0 Å². The number of alkyl halides is 3. The Morgan fingerprint density at radius 3 is 2.44 bits per heavy atom. The third-order valence-electron chi connectivity index (χ3n) is 7.39. The van der Waals surface area contributed by atoms with E-state index in [-0.39, 0.29) is 24.2 Å². The first-order chi connectivity index (χ1) is 18.6. The standard InChI is InChI=1S/C27H39F3N8O/c1-4-20-18-21(37-15-12-36(3)13-16-37)6-7-23(20)33-26-32-19-22(27(28,29)30)25(34-26)31-9-5-10-38-17-14-35(2)11-8-24(38)39/h6-7,18-19H,4-5,8-17H2,1-3H3,(H2,31,32,33,34). The molecule has 3 heterocycles. The number of halogens is 3. The van der Waals surface area contributed by atoms with E-state index in [1.165, 1.54) is 0 Å². The van der Waals surface area contributed by atoms with E-state index in [2.05, 4.69) is 48.4 Å². The van der Waals surface area contributed by atoms with Gasteiger partial charge in [0, 0.05) is 82.9 Å². The van der Waals surface area contributed by atoms with Crippen LogP contribution in [0, 0.1) is 0 Å². The molecule has 2 aliphatic rings. The number of likely N-dealkylation sites (N-methyl/N-ethyl adjacent to an activating group) is 2. The van der Waals surface area contributed by atoms with Gasteiger partial charge in [0.2, 0.25) is 11.9 Å². The number of amides is 1. The molecular weight excluding hydrogens is 509 g/mol. The van der Waals surface area contributed by atoms with Crippen molar-refractivity contribution in [1.29, 1.82) is 0 Å². The van der Waals surface area contributed by atoms with E-state index >= 15 is 0 Å². The first-order valence-electron chi connectivity index (χ1n) is 13.6. The van der Waals surface area contributed by atoms with Crippen LogP contribution >= 0.6 is 0 Å². The Bertz CT molecular complexity index is 1120. The first-order valence-corrected chi connectivity index (χ1v) is 13.6. The summed E-state index contributed by atoms with van der Waals surface area (Å²) in [6.07, 6.45) is -2.06. The quantitative estimate of drug-likeness (QED) is 0.461. The van der Waals surface area contributed by atoms with Crippen LogP contribution in [0.1, 0.15) is 30.9 Å². The number of carbonyl (C=O) groups excluding carboxylic acids is 1. The fourth-order valence-electron chi connectivity index (χ4n) is 4.85. The predicted molar refractivity (Wildman–Crippen MR) is 148 cm³/mol. The number of anilines is 4. The highest BCUT2D eigenvalue weighted by atomic mass is 19.4. The van der Waals surface area contributed by atoms with Crippen LogP contribution in [-0.2, 0) is 17.4 Å². The topological polar surface area (TPSA) is 79.9 Å². The largest absolute Gasteiger partial charge is 0.421 e. The zero-order valence-corrected chi connectivity index (χ0v) is 23.0. The molecule has 2 N–H and O–H groups in total. The fraction of sp³-hybridized carbons (Fsp3) is 0.593. The molecule has 2 saturated heterocycles. The second kappa shape index (κ2) is 12.8. The van der Waals surface area contributed by atoms with Gasteiger partial charge >= 0.3 is 6.18 Å². The number of aryl methyl sites for hydroxylation is 1. The van der Waals surface area contributed by atoms with Crippen molar-refractivity contribution in [3.05, 3.63) is 35.5 Å². The third kappa shape index (κ3) is 7.72. The van der Waals surface area contributed by atoms with E-state index in [1.807, 2.05) is 26.1 Å². The number of hydrogen-bond donors (Lipinski definition) is 2. The maximum atomic E-state index is 13.7. The van der Waals surface area contributed by atoms with Crippen molar-refractivity contribution >= 4 is 29.0 Å². The van der Waals surface area contributed by atoms with Crippen molar-refractivity contribution < 1.29 is 18.0 Å². The molecule has 2 aliphatic heterocycles. The van der Waals surface area contributed by atoms with Crippen molar-refractivity contribution in [2.45, 2.75) is 32.4 Å². The SMILES string of the molecule is CCc1cc(N2CCN(C)CC2)ccc1Nc1ncc(C(F)(F)F)c(NCCCN2CCN(C)CCC2=O)n1. The Kier molecular flexibility index (Phi) is 9.49. The van der Waals surface area contributed by atoms with Gasteiger partial charge in [0.25, 0.3) is 0 Å². The molecule has 1 aromatic heterocycles. The van der Waals surface area contributed by atoms with E-state index in [9.17, 15) is 18.0 Å². The van der Waals surface area contributed by atoms with Crippen molar-refractivity contribution in [2.24, 2.45) is 0 Å². The Balaban J connectivity index is 1.43. The summed E-state index contributed by atoms with van der Waals surface area (Å²) in [7, 11) is 4.09. The van der Waals surface area contributed by atoms with E-state index in [0.717, 1.165) is 68.8 Å². The Morgan fingerprint density at radius 1 is 1.00 bits per heavy atom. The monoisotopic (exact) mass is 548 g/mol. The van der Waals surface area contributed by atoms with E-state index in [4.69, 9.17) is 0 Å². The Labute approximate surface area is 228 Å². The maximum absolute atomic E-state index is 13.7. The van der Waals surface area contributed by atoms with E-state index in [0.29, 0.717) is 25.9 Å². The lowest BCUT2D eigenvalue weighted by Crippen LogP contribution is -2.44. The molecule has 0 aliphatic carbocycles. The summed E-state index contributed by atoms with van der Waals surface area (Å²) in [5.74, 6) is -0.0958. The van der Waals surface area contributed by atoms with E-state index in [1.54, 1.807) is 4.90 Å². The molecule has 0 unspecified atom stereocenters. The lowest BCUT2D eigenvalue weighted by molar-refractivity contribution is -0.137. The van der Waals surface area contributed by atoms with Gasteiger partial charge in [-0.1, -0.05) is 6.92 Å². The molecule has 2 aromatic rings. The predicted octanol–water partition coefficient (Wildman–Crippen LogP) is 3.52. The minimum Gasteiger partial charge on any atom is -0.369 e. The summed E-state index contributed by atoms with van der Waals surface area (Å²) >= 11 is 0. The zero-order valence-electron chi connectivity index (χ0n) is 23.0. The van der Waals surface area contributed by atoms with Gasteiger partial charge in [-0.15, -0.1) is 0 Å². The molecule has 0 atom stereocenters. The molecule has 4 rings (SSSR count). The summed E-state index contributed by atoms with van der Waals surface area (Å²) < 4.78 is 41.1. The van der Waals surface area contributed by atoms with Gasteiger partial charge in [-0.2, -0.15) is 18.2 Å². The number of rotatable bonds is 9. The molecule has 9 nitrogen and oxygen atoms in total. The van der Waals surface area contributed by atoms with Gasteiger partial charge < -0.3 is 30.2 Å². The molecule has 0 bridgehead atoms. The summed E-state index contributed by atoms with van der Waals surface area (Å²) in [5, 5.41) is 5.96. The molecule has 2 fully saturated rings. The second-order valence-corrected chi connectivity index (χ2v) is 10.3. The number of piperazine rings is 1. The van der Waals surface area contributed by atoms with Gasteiger partial charge in [-0.25, -0.2) is 4.98 Å². The lowest BCUT2D eigenvalue weighted by atomic mass is 10.1. The minimum atomic E-state index is -4.59. The molecule has 214 valence electrons.